The molecule has 0 unspecified atom stereocenters. The van der Waals surface area contributed by atoms with Crippen molar-refractivity contribution in [2.45, 2.75) is 0 Å². The highest BCUT2D eigenvalue weighted by Gasteiger charge is 2.29. The van der Waals surface area contributed by atoms with Gasteiger partial charge in [-0.05, 0) is 91.0 Å². The number of aromatic nitrogens is 6. The van der Waals surface area contributed by atoms with E-state index < -0.39 is 0 Å². The molecule has 0 saturated heterocycles. The first-order valence-electron chi connectivity index (χ1n) is 21.1. The SMILES string of the molecule is [c-]1n(-c2ccccc2)cc[n+]1-c1cccc(Oc2ccc3c4c5c6ccccc6n(-c6ccccc6)c5c5c6ccccc6n(-c6ccccc6)c5c4n(-c4ccccn4)c3c2)c1. The predicted octanol–water partition coefficient (Wildman–Crippen LogP) is 13.0. The molecule has 7 heteroatoms. The number of rotatable bonds is 7. The van der Waals surface area contributed by atoms with Gasteiger partial charge in [-0.3, -0.25) is 13.7 Å². The summed E-state index contributed by atoms with van der Waals surface area (Å²) in [6, 6.07) is 70.1. The number of pyridine rings is 1. The van der Waals surface area contributed by atoms with E-state index in [-0.39, 0.29) is 0 Å². The Labute approximate surface area is 361 Å². The van der Waals surface area contributed by atoms with Crippen molar-refractivity contribution in [1.82, 2.24) is 23.3 Å². The second-order valence-electron chi connectivity index (χ2n) is 15.8. The van der Waals surface area contributed by atoms with Gasteiger partial charge in [0.15, 0.2) is 0 Å². The Morgan fingerprint density at radius 3 is 1.70 bits per heavy atom. The second-order valence-corrected chi connectivity index (χ2v) is 15.8. The fraction of sp³-hybridized carbons (Fsp3) is 0. The zero-order valence-electron chi connectivity index (χ0n) is 33.9. The van der Waals surface area contributed by atoms with E-state index in [0.29, 0.717) is 0 Å². The van der Waals surface area contributed by atoms with Crippen molar-refractivity contribution >= 4 is 65.4 Å². The number of hydrogen-bond acceptors (Lipinski definition) is 2. The van der Waals surface area contributed by atoms with Crippen LogP contribution in [-0.2, 0) is 0 Å². The standard InChI is InChI=1S/C56H36N6O/c1-4-17-38(18-5-1)58-33-34-59(37-58)41-23-16-24-42(35-41)63-43-30-31-46-49(36-43)62(50-29-14-15-32-57-50)55-52(46)51-44-25-10-12-27-47(44)60(39-19-6-2-7-20-39)54(51)53-45-26-11-13-28-48(45)61(56(53)55)40-21-8-3-9-22-40/h1-36H. The Kier molecular flexibility index (Phi) is 7.77. The fourth-order valence-electron chi connectivity index (χ4n) is 9.68. The van der Waals surface area contributed by atoms with Crippen LogP contribution < -0.4 is 9.30 Å². The molecule has 0 bridgehead atoms. The number of fused-ring (bicyclic) bond motifs is 12. The number of para-hydroxylation sites is 5. The van der Waals surface area contributed by atoms with E-state index in [0.717, 1.165) is 78.4 Å². The van der Waals surface area contributed by atoms with Crippen molar-refractivity contribution in [2.24, 2.45) is 0 Å². The summed E-state index contributed by atoms with van der Waals surface area (Å²) >= 11 is 0. The zero-order valence-corrected chi connectivity index (χ0v) is 33.9. The third-order valence-corrected chi connectivity index (χ3v) is 12.3. The van der Waals surface area contributed by atoms with Gasteiger partial charge in [0.2, 0.25) is 0 Å². The van der Waals surface area contributed by atoms with Gasteiger partial charge in [-0.25, -0.2) is 4.98 Å². The molecule has 0 radical (unpaired) electrons. The van der Waals surface area contributed by atoms with Crippen LogP contribution in [0.2, 0.25) is 0 Å². The summed E-state index contributed by atoms with van der Waals surface area (Å²) < 4.78 is 18.0. The molecule has 0 aliphatic rings. The Morgan fingerprint density at radius 2 is 1.00 bits per heavy atom. The average Bonchev–Trinajstić information content (AvgIpc) is 4.13. The lowest BCUT2D eigenvalue weighted by atomic mass is 10.0. The van der Waals surface area contributed by atoms with Crippen molar-refractivity contribution in [2.75, 3.05) is 0 Å². The maximum Gasteiger partial charge on any atom is 0.268 e. The van der Waals surface area contributed by atoms with Crippen LogP contribution in [0.3, 0.4) is 0 Å². The van der Waals surface area contributed by atoms with Gasteiger partial charge in [0.05, 0.1) is 44.5 Å². The first-order chi connectivity index (χ1) is 31.3. The van der Waals surface area contributed by atoms with Crippen LogP contribution in [0.4, 0.5) is 0 Å². The molecule has 7 nitrogen and oxygen atoms in total. The maximum atomic E-state index is 6.80. The van der Waals surface area contributed by atoms with Crippen molar-refractivity contribution in [3.8, 4) is 40.1 Å². The highest BCUT2D eigenvalue weighted by atomic mass is 16.5. The van der Waals surface area contributed by atoms with E-state index in [1.54, 1.807) is 0 Å². The highest BCUT2D eigenvalue weighted by molar-refractivity contribution is 6.40. The molecule has 63 heavy (non-hydrogen) atoms. The minimum absolute atomic E-state index is 0.721. The zero-order chi connectivity index (χ0) is 41.4. The summed E-state index contributed by atoms with van der Waals surface area (Å²) in [5.74, 6) is 2.27. The van der Waals surface area contributed by atoms with Crippen LogP contribution in [0.1, 0.15) is 0 Å². The molecule has 0 amide bonds. The van der Waals surface area contributed by atoms with E-state index in [9.17, 15) is 0 Å². The lowest BCUT2D eigenvalue weighted by Gasteiger charge is -2.14. The number of nitrogens with zero attached hydrogens (tertiary/aromatic N) is 6. The molecule has 13 aromatic rings. The van der Waals surface area contributed by atoms with Gasteiger partial charge in [0, 0.05) is 68.3 Å². The van der Waals surface area contributed by atoms with E-state index in [1.165, 1.54) is 27.1 Å². The quantitative estimate of drug-likeness (QED) is 0.119. The number of benzene rings is 8. The molecule has 0 spiro atoms. The first-order valence-corrected chi connectivity index (χ1v) is 21.1. The van der Waals surface area contributed by atoms with Crippen LogP contribution in [0, 0.1) is 6.33 Å². The van der Waals surface area contributed by atoms with Crippen molar-refractivity contribution in [3.63, 3.8) is 0 Å². The maximum absolute atomic E-state index is 6.80. The van der Waals surface area contributed by atoms with Gasteiger partial charge in [-0.15, -0.1) is 0 Å². The van der Waals surface area contributed by atoms with Gasteiger partial charge < -0.3 is 13.9 Å². The summed E-state index contributed by atoms with van der Waals surface area (Å²) in [5.41, 5.74) is 10.8. The van der Waals surface area contributed by atoms with Gasteiger partial charge in [-0.1, -0.05) is 103 Å². The molecule has 13 rings (SSSR count). The molecule has 5 aromatic heterocycles. The molecule has 0 N–H and O–H groups in total. The van der Waals surface area contributed by atoms with Crippen LogP contribution in [-0.4, -0.2) is 23.3 Å². The number of hydrogen-bond donors (Lipinski definition) is 0. The summed E-state index contributed by atoms with van der Waals surface area (Å²) in [4.78, 5) is 5.06. The summed E-state index contributed by atoms with van der Waals surface area (Å²) in [7, 11) is 0. The Bertz CT molecular complexity index is 3860. The predicted molar refractivity (Wildman–Crippen MR) is 253 cm³/mol. The third-order valence-electron chi connectivity index (χ3n) is 12.3. The normalized spacial score (nSPS) is 11.8. The van der Waals surface area contributed by atoms with Gasteiger partial charge in [-0.2, -0.15) is 0 Å². The summed E-state index contributed by atoms with van der Waals surface area (Å²) in [5, 5.41) is 7.02. The molecule has 0 atom stereocenters. The van der Waals surface area contributed by atoms with Crippen molar-refractivity contribution in [1.29, 1.82) is 0 Å². The lowest BCUT2D eigenvalue weighted by Crippen LogP contribution is -2.28. The first kappa shape index (κ1) is 35.1. The van der Waals surface area contributed by atoms with Crippen LogP contribution >= 0.6 is 0 Å². The van der Waals surface area contributed by atoms with Gasteiger partial charge in [0.25, 0.3) is 6.33 Å². The second kappa shape index (κ2) is 13.9. The fourth-order valence-corrected chi connectivity index (χ4v) is 9.68. The molecule has 5 heterocycles. The molecule has 8 aromatic carbocycles. The average molecular weight is 809 g/mol. The lowest BCUT2D eigenvalue weighted by molar-refractivity contribution is -0.599. The molecule has 0 fully saturated rings. The number of ether oxygens (including phenoxy) is 1. The Morgan fingerprint density at radius 1 is 0.429 bits per heavy atom. The molecule has 296 valence electrons. The van der Waals surface area contributed by atoms with Crippen LogP contribution in [0.25, 0.3) is 94.0 Å². The van der Waals surface area contributed by atoms with E-state index >= 15 is 0 Å². The van der Waals surface area contributed by atoms with E-state index in [2.05, 4.69) is 178 Å². The smallest absolute Gasteiger partial charge is 0.268 e. The molecule has 0 aliphatic carbocycles. The minimum atomic E-state index is 0.721. The minimum Gasteiger partial charge on any atom is -0.458 e. The van der Waals surface area contributed by atoms with E-state index in [4.69, 9.17) is 9.72 Å². The largest absolute Gasteiger partial charge is 0.458 e. The highest BCUT2D eigenvalue weighted by Crippen LogP contribution is 2.50. The summed E-state index contributed by atoms with van der Waals surface area (Å²) in [6.07, 6.45) is 9.34. The van der Waals surface area contributed by atoms with Crippen LogP contribution in [0.15, 0.2) is 219 Å². The molecule has 0 saturated carbocycles. The topological polar surface area (TPSA) is 45.7 Å². The Hall–Kier alpha value is -8.68. The number of imidazole rings is 1. The monoisotopic (exact) mass is 808 g/mol. The summed E-state index contributed by atoms with van der Waals surface area (Å²) in [6.45, 7) is 0. The van der Waals surface area contributed by atoms with E-state index in [1.807, 2.05) is 70.2 Å². The van der Waals surface area contributed by atoms with Crippen molar-refractivity contribution < 1.29 is 9.30 Å². The molecular weight excluding hydrogens is 773 g/mol. The third kappa shape index (κ3) is 5.40. The molecular formula is C56H36N6O. The van der Waals surface area contributed by atoms with Gasteiger partial charge >= 0.3 is 0 Å². The molecule has 0 aliphatic heterocycles. The van der Waals surface area contributed by atoms with Gasteiger partial charge in [0.1, 0.15) is 17.3 Å². The Balaban J connectivity index is 1.13. The van der Waals surface area contributed by atoms with Crippen molar-refractivity contribution in [3.05, 3.63) is 225 Å². The van der Waals surface area contributed by atoms with Crippen LogP contribution in [0.5, 0.6) is 11.5 Å².